The SMILES string of the molecule is CCCNCc1cc(Cl)ccc1OC. The van der Waals surface area contributed by atoms with Crippen molar-refractivity contribution >= 4 is 11.6 Å². The lowest BCUT2D eigenvalue weighted by Gasteiger charge is -2.09. The smallest absolute Gasteiger partial charge is 0.123 e. The molecule has 0 saturated carbocycles. The van der Waals surface area contributed by atoms with Crippen molar-refractivity contribution in [3.05, 3.63) is 28.8 Å². The number of hydrogen-bond acceptors (Lipinski definition) is 2. The van der Waals surface area contributed by atoms with Gasteiger partial charge < -0.3 is 10.1 Å². The summed E-state index contributed by atoms with van der Waals surface area (Å²) < 4.78 is 5.23. The highest BCUT2D eigenvalue weighted by Crippen LogP contribution is 2.22. The Hall–Kier alpha value is -0.730. The van der Waals surface area contributed by atoms with Crippen LogP contribution < -0.4 is 10.1 Å². The van der Waals surface area contributed by atoms with Crippen molar-refractivity contribution in [1.82, 2.24) is 5.32 Å². The zero-order valence-corrected chi connectivity index (χ0v) is 9.40. The zero-order chi connectivity index (χ0) is 10.4. The molecule has 3 heteroatoms. The van der Waals surface area contributed by atoms with E-state index in [0.717, 1.165) is 35.8 Å². The summed E-state index contributed by atoms with van der Waals surface area (Å²) in [7, 11) is 1.67. The van der Waals surface area contributed by atoms with Crippen LogP contribution in [0.3, 0.4) is 0 Å². The Labute approximate surface area is 90.2 Å². The van der Waals surface area contributed by atoms with Crippen molar-refractivity contribution in [2.45, 2.75) is 19.9 Å². The lowest BCUT2D eigenvalue weighted by atomic mass is 10.2. The number of hydrogen-bond donors (Lipinski definition) is 1. The number of halogens is 1. The molecular formula is C11H16ClNO. The molecule has 14 heavy (non-hydrogen) atoms. The molecule has 1 aromatic carbocycles. The third-order valence-corrected chi connectivity index (χ3v) is 2.22. The van der Waals surface area contributed by atoms with Crippen LogP contribution in [0.4, 0.5) is 0 Å². The van der Waals surface area contributed by atoms with E-state index in [2.05, 4.69) is 12.2 Å². The Morgan fingerprint density at radius 1 is 1.43 bits per heavy atom. The maximum atomic E-state index is 5.90. The summed E-state index contributed by atoms with van der Waals surface area (Å²) in [4.78, 5) is 0. The van der Waals surface area contributed by atoms with Gasteiger partial charge in [-0.15, -0.1) is 0 Å². The Balaban J connectivity index is 2.67. The van der Waals surface area contributed by atoms with Gasteiger partial charge in [0.1, 0.15) is 5.75 Å². The van der Waals surface area contributed by atoms with Gasteiger partial charge in [0.2, 0.25) is 0 Å². The van der Waals surface area contributed by atoms with Gasteiger partial charge in [-0.25, -0.2) is 0 Å². The van der Waals surface area contributed by atoms with Crippen LogP contribution in [0, 0.1) is 0 Å². The second-order valence-electron chi connectivity index (χ2n) is 3.13. The molecule has 0 unspecified atom stereocenters. The first-order chi connectivity index (χ1) is 6.77. The molecular weight excluding hydrogens is 198 g/mol. The number of ether oxygens (including phenoxy) is 1. The first-order valence-electron chi connectivity index (χ1n) is 4.81. The summed E-state index contributed by atoms with van der Waals surface area (Å²) in [5.41, 5.74) is 1.11. The molecule has 0 amide bonds. The summed E-state index contributed by atoms with van der Waals surface area (Å²) in [6.45, 7) is 3.95. The topological polar surface area (TPSA) is 21.3 Å². The molecule has 0 aliphatic carbocycles. The van der Waals surface area contributed by atoms with Crippen molar-refractivity contribution in [3.63, 3.8) is 0 Å². The normalized spacial score (nSPS) is 10.2. The maximum Gasteiger partial charge on any atom is 0.123 e. The molecule has 78 valence electrons. The van der Waals surface area contributed by atoms with Gasteiger partial charge in [0, 0.05) is 17.1 Å². The molecule has 0 heterocycles. The molecule has 0 fully saturated rings. The van der Waals surface area contributed by atoms with Gasteiger partial charge in [-0.1, -0.05) is 18.5 Å². The quantitative estimate of drug-likeness (QED) is 0.760. The van der Waals surface area contributed by atoms with E-state index < -0.39 is 0 Å². The zero-order valence-electron chi connectivity index (χ0n) is 8.64. The Bertz CT molecular complexity index is 289. The fraction of sp³-hybridized carbons (Fsp3) is 0.455. The standard InChI is InChI=1S/C11H16ClNO/c1-3-6-13-8-9-7-10(12)4-5-11(9)14-2/h4-5,7,13H,3,6,8H2,1-2H3. The van der Waals surface area contributed by atoms with E-state index >= 15 is 0 Å². The van der Waals surface area contributed by atoms with E-state index in [9.17, 15) is 0 Å². The van der Waals surface area contributed by atoms with Crippen molar-refractivity contribution in [3.8, 4) is 5.75 Å². The second-order valence-corrected chi connectivity index (χ2v) is 3.57. The lowest BCUT2D eigenvalue weighted by Crippen LogP contribution is -2.14. The monoisotopic (exact) mass is 213 g/mol. The van der Waals surface area contributed by atoms with E-state index in [1.165, 1.54) is 0 Å². The van der Waals surface area contributed by atoms with E-state index in [4.69, 9.17) is 16.3 Å². The van der Waals surface area contributed by atoms with Crippen molar-refractivity contribution < 1.29 is 4.74 Å². The molecule has 2 nitrogen and oxygen atoms in total. The Morgan fingerprint density at radius 3 is 2.86 bits per heavy atom. The summed E-state index contributed by atoms with van der Waals surface area (Å²) in [6, 6.07) is 5.66. The predicted octanol–water partition coefficient (Wildman–Crippen LogP) is 2.85. The van der Waals surface area contributed by atoms with Crippen LogP contribution in [0.2, 0.25) is 5.02 Å². The van der Waals surface area contributed by atoms with Crippen LogP contribution in [0.15, 0.2) is 18.2 Å². The van der Waals surface area contributed by atoms with E-state index in [0.29, 0.717) is 0 Å². The molecule has 0 aromatic heterocycles. The van der Waals surface area contributed by atoms with Gasteiger partial charge in [0.15, 0.2) is 0 Å². The van der Waals surface area contributed by atoms with E-state index in [-0.39, 0.29) is 0 Å². The third kappa shape index (κ3) is 3.20. The minimum absolute atomic E-state index is 0.749. The predicted molar refractivity (Wildman–Crippen MR) is 60.0 cm³/mol. The lowest BCUT2D eigenvalue weighted by molar-refractivity contribution is 0.407. The molecule has 0 aliphatic heterocycles. The molecule has 1 aromatic rings. The number of nitrogens with one attached hydrogen (secondary N) is 1. The summed E-state index contributed by atoms with van der Waals surface area (Å²) >= 11 is 5.90. The van der Waals surface area contributed by atoms with E-state index in [1.807, 2.05) is 18.2 Å². The molecule has 1 rings (SSSR count). The number of benzene rings is 1. The van der Waals surface area contributed by atoms with Crippen LogP contribution in [-0.2, 0) is 6.54 Å². The third-order valence-electron chi connectivity index (χ3n) is 1.98. The highest BCUT2D eigenvalue weighted by Gasteiger charge is 2.02. The summed E-state index contributed by atoms with van der Waals surface area (Å²) in [6.07, 6.45) is 1.13. The highest BCUT2D eigenvalue weighted by molar-refractivity contribution is 6.30. The second kappa shape index (κ2) is 5.89. The van der Waals surface area contributed by atoms with Crippen molar-refractivity contribution in [2.24, 2.45) is 0 Å². The van der Waals surface area contributed by atoms with Crippen LogP contribution in [0.1, 0.15) is 18.9 Å². The van der Waals surface area contributed by atoms with E-state index in [1.54, 1.807) is 7.11 Å². The summed E-state index contributed by atoms with van der Waals surface area (Å²) in [5, 5.41) is 4.06. The molecule has 0 saturated heterocycles. The summed E-state index contributed by atoms with van der Waals surface area (Å²) in [5.74, 6) is 0.887. The van der Waals surface area contributed by atoms with Crippen molar-refractivity contribution in [2.75, 3.05) is 13.7 Å². The van der Waals surface area contributed by atoms with Gasteiger partial charge in [0.05, 0.1) is 7.11 Å². The molecule has 0 atom stereocenters. The molecule has 0 bridgehead atoms. The maximum absolute atomic E-state index is 5.90. The van der Waals surface area contributed by atoms with Gasteiger partial charge in [-0.2, -0.15) is 0 Å². The van der Waals surface area contributed by atoms with Crippen LogP contribution in [-0.4, -0.2) is 13.7 Å². The molecule has 1 N–H and O–H groups in total. The Morgan fingerprint density at radius 2 is 2.21 bits per heavy atom. The fourth-order valence-corrected chi connectivity index (χ4v) is 1.48. The van der Waals surface area contributed by atoms with Crippen molar-refractivity contribution in [1.29, 1.82) is 0 Å². The average Bonchev–Trinajstić information content (AvgIpc) is 2.19. The number of methoxy groups -OCH3 is 1. The van der Waals surface area contributed by atoms with Gasteiger partial charge in [0.25, 0.3) is 0 Å². The van der Waals surface area contributed by atoms with Gasteiger partial charge in [-0.05, 0) is 31.2 Å². The average molecular weight is 214 g/mol. The van der Waals surface area contributed by atoms with Gasteiger partial charge in [-0.3, -0.25) is 0 Å². The molecule has 0 spiro atoms. The minimum Gasteiger partial charge on any atom is -0.496 e. The fourth-order valence-electron chi connectivity index (χ4n) is 1.29. The first-order valence-corrected chi connectivity index (χ1v) is 5.19. The Kier molecular flexibility index (Phi) is 4.77. The minimum atomic E-state index is 0.749. The highest BCUT2D eigenvalue weighted by atomic mass is 35.5. The van der Waals surface area contributed by atoms with Gasteiger partial charge >= 0.3 is 0 Å². The van der Waals surface area contributed by atoms with Crippen LogP contribution >= 0.6 is 11.6 Å². The molecule has 0 aliphatic rings. The molecule has 0 radical (unpaired) electrons. The van der Waals surface area contributed by atoms with Crippen LogP contribution in [0.5, 0.6) is 5.75 Å². The number of rotatable bonds is 5. The largest absolute Gasteiger partial charge is 0.496 e. The van der Waals surface area contributed by atoms with Crippen LogP contribution in [0.25, 0.3) is 0 Å². The first kappa shape index (κ1) is 11.3.